The summed E-state index contributed by atoms with van der Waals surface area (Å²) in [5.41, 5.74) is 0. The molecule has 1 aliphatic heterocycles. The summed E-state index contributed by atoms with van der Waals surface area (Å²) in [7, 11) is -2.09. The van der Waals surface area contributed by atoms with E-state index in [-0.39, 0.29) is 30.5 Å². The molecular weight excluding hydrogens is 270 g/mol. The normalized spacial score (nSPS) is 19.8. The Balaban J connectivity index is 2.20. The molecule has 1 fully saturated rings. The van der Waals surface area contributed by atoms with Crippen molar-refractivity contribution in [3.8, 4) is 5.75 Å². The van der Waals surface area contributed by atoms with Crippen molar-refractivity contribution in [2.24, 2.45) is 11.1 Å². The van der Waals surface area contributed by atoms with Crippen LogP contribution in [0.2, 0.25) is 0 Å². The van der Waals surface area contributed by atoms with Crippen LogP contribution in [0.1, 0.15) is 6.42 Å². The Bertz CT molecular complexity index is 587. The van der Waals surface area contributed by atoms with Crippen LogP contribution in [-0.4, -0.2) is 38.7 Å². The van der Waals surface area contributed by atoms with Gasteiger partial charge in [-0.15, -0.1) is 0 Å². The van der Waals surface area contributed by atoms with Crippen LogP contribution in [0.5, 0.6) is 5.75 Å². The SMILES string of the molecule is COc1cccnc1N1CC(CS(N)(=O)=O)CC1=O. The van der Waals surface area contributed by atoms with Gasteiger partial charge in [0.15, 0.2) is 11.6 Å². The standard InChI is InChI=1S/C11H15N3O4S/c1-18-9-3-2-4-13-11(9)14-6-8(5-10(14)15)7-19(12,16)17/h2-4,8H,5-7H2,1H3,(H2,12,16,17). The van der Waals surface area contributed by atoms with E-state index in [1.165, 1.54) is 12.0 Å². The van der Waals surface area contributed by atoms with E-state index in [1.54, 1.807) is 18.3 Å². The Morgan fingerprint density at radius 1 is 1.58 bits per heavy atom. The number of aromatic nitrogens is 1. The summed E-state index contributed by atoms with van der Waals surface area (Å²) in [6, 6.07) is 3.40. The van der Waals surface area contributed by atoms with E-state index in [4.69, 9.17) is 9.88 Å². The quantitative estimate of drug-likeness (QED) is 0.820. The summed E-state index contributed by atoms with van der Waals surface area (Å²) in [6.45, 7) is 0.280. The van der Waals surface area contributed by atoms with E-state index in [9.17, 15) is 13.2 Å². The first-order valence-electron chi connectivity index (χ1n) is 5.70. The van der Waals surface area contributed by atoms with E-state index in [1.807, 2.05) is 0 Å². The lowest BCUT2D eigenvalue weighted by molar-refractivity contribution is -0.117. The van der Waals surface area contributed by atoms with Crippen LogP contribution in [0.25, 0.3) is 0 Å². The second-order valence-corrected chi connectivity index (χ2v) is 6.09. The summed E-state index contributed by atoms with van der Waals surface area (Å²) in [5, 5.41) is 5.00. The first-order chi connectivity index (χ1) is 8.90. The van der Waals surface area contributed by atoms with Crippen LogP contribution in [0.15, 0.2) is 18.3 Å². The zero-order valence-electron chi connectivity index (χ0n) is 10.4. The van der Waals surface area contributed by atoms with Gasteiger partial charge < -0.3 is 4.74 Å². The van der Waals surface area contributed by atoms with E-state index in [0.717, 1.165) is 0 Å². The molecule has 104 valence electrons. The zero-order valence-corrected chi connectivity index (χ0v) is 11.3. The Morgan fingerprint density at radius 2 is 2.32 bits per heavy atom. The summed E-state index contributed by atoms with van der Waals surface area (Å²) in [4.78, 5) is 17.5. The van der Waals surface area contributed by atoms with Gasteiger partial charge in [-0.2, -0.15) is 0 Å². The molecule has 2 N–H and O–H groups in total. The molecule has 0 spiro atoms. The number of hydrogen-bond donors (Lipinski definition) is 1. The number of nitrogens with two attached hydrogens (primary N) is 1. The number of carbonyl (C=O) groups excluding carboxylic acids is 1. The molecule has 0 saturated carbocycles. The maximum atomic E-state index is 11.9. The van der Waals surface area contributed by atoms with Crippen molar-refractivity contribution in [1.29, 1.82) is 0 Å². The number of rotatable bonds is 4. The minimum Gasteiger partial charge on any atom is -0.493 e. The lowest BCUT2D eigenvalue weighted by Gasteiger charge is -2.17. The van der Waals surface area contributed by atoms with Crippen molar-refractivity contribution in [3.63, 3.8) is 0 Å². The lowest BCUT2D eigenvalue weighted by atomic mass is 10.1. The van der Waals surface area contributed by atoms with E-state index < -0.39 is 10.0 Å². The fourth-order valence-corrected chi connectivity index (χ4v) is 3.05. The second kappa shape index (κ2) is 5.14. The van der Waals surface area contributed by atoms with Crippen molar-refractivity contribution in [2.75, 3.05) is 24.3 Å². The van der Waals surface area contributed by atoms with Crippen LogP contribution in [0.4, 0.5) is 5.82 Å². The molecule has 2 heterocycles. The van der Waals surface area contributed by atoms with Crippen LogP contribution in [0.3, 0.4) is 0 Å². The number of methoxy groups -OCH3 is 1. The number of hydrogen-bond acceptors (Lipinski definition) is 5. The monoisotopic (exact) mass is 285 g/mol. The van der Waals surface area contributed by atoms with Gasteiger partial charge in [0.25, 0.3) is 0 Å². The van der Waals surface area contributed by atoms with Gasteiger partial charge in [0.1, 0.15) is 0 Å². The third-order valence-electron chi connectivity index (χ3n) is 2.90. The molecule has 2 rings (SSSR count). The Hall–Kier alpha value is -1.67. The zero-order chi connectivity index (χ0) is 14.0. The van der Waals surface area contributed by atoms with Crippen molar-refractivity contribution < 1.29 is 17.9 Å². The fourth-order valence-electron chi connectivity index (χ4n) is 2.17. The molecule has 0 aromatic carbocycles. The molecular formula is C11H15N3O4S. The van der Waals surface area contributed by atoms with E-state index in [2.05, 4.69) is 4.98 Å². The number of sulfonamides is 1. The third-order valence-corrected chi connectivity index (χ3v) is 3.84. The number of primary sulfonamides is 1. The highest BCUT2D eigenvalue weighted by Gasteiger charge is 2.34. The Kier molecular flexibility index (Phi) is 3.72. The number of anilines is 1. The minimum absolute atomic E-state index is 0.149. The molecule has 7 nitrogen and oxygen atoms in total. The summed E-state index contributed by atoms with van der Waals surface area (Å²) < 4.78 is 27.3. The van der Waals surface area contributed by atoms with Crippen LogP contribution in [-0.2, 0) is 14.8 Å². The highest BCUT2D eigenvalue weighted by Crippen LogP contribution is 2.30. The topological polar surface area (TPSA) is 103 Å². The third kappa shape index (κ3) is 3.21. The maximum absolute atomic E-state index is 11.9. The summed E-state index contributed by atoms with van der Waals surface area (Å²) in [5.74, 6) is 0.198. The first-order valence-corrected chi connectivity index (χ1v) is 7.42. The number of amides is 1. The van der Waals surface area contributed by atoms with Gasteiger partial charge in [-0.3, -0.25) is 9.69 Å². The number of ether oxygens (including phenoxy) is 1. The largest absolute Gasteiger partial charge is 0.493 e. The molecule has 8 heteroatoms. The van der Waals surface area contributed by atoms with Gasteiger partial charge in [0.05, 0.1) is 12.9 Å². The van der Waals surface area contributed by atoms with Gasteiger partial charge >= 0.3 is 0 Å². The molecule has 0 bridgehead atoms. The summed E-state index contributed by atoms with van der Waals surface area (Å²) in [6.07, 6.45) is 1.70. The maximum Gasteiger partial charge on any atom is 0.228 e. The molecule has 1 amide bonds. The number of pyridine rings is 1. The van der Waals surface area contributed by atoms with Crippen LogP contribution >= 0.6 is 0 Å². The van der Waals surface area contributed by atoms with Gasteiger partial charge in [-0.05, 0) is 12.1 Å². The number of carbonyl (C=O) groups is 1. The molecule has 1 aliphatic rings. The average Bonchev–Trinajstić information content (AvgIpc) is 2.67. The highest BCUT2D eigenvalue weighted by molar-refractivity contribution is 7.89. The van der Waals surface area contributed by atoms with Gasteiger partial charge in [-0.25, -0.2) is 18.5 Å². The van der Waals surface area contributed by atoms with Crippen molar-refractivity contribution in [1.82, 2.24) is 4.98 Å². The molecule has 0 aliphatic carbocycles. The predicted molar refractivity (Wildman–Crippen MR) is 69.2 cm³/mol. The fraction of sp³-hybridized carbons (Fsp3) is 0.455. The molecule has 1 aromatic heterocycles. The first kappa shape index (κ1) is 13.8. The van der Waals surface area contributed by atoms with Crippen molar-refractivity contribution in [2.45, 2.75) is 6.42 Å². The second-order valence-electron chi connectivity index (χ2n) is 4.43. The highest BCUT2D eigenvalue weighted by atomic mass is 32.2. The smallest absolute Gasteiger partial charge is 0.228 e. The number of nitrogens with zero attached hydrogens (tertiary/aromatic N) is 2. The van der Waals surface area contributed by atoms with Gasteiger partial charge in [0.2, 0.25) is 15.9 Å². The average molecular weight is 285 g/mol. The van der Waals surface area contributed by atoms with Crippen molar-refractivity contribution in [3.05, 3.63) is 18.3 Å². The molecule has 19 heavy (non-hydrogen) atoms. The Morgan fingerprint density at radius 3 is 2.95 bits per heavy atom. The molecule has 1 atom stereocenters. The molecule has 1 saturated heterocycles. The van der Waals surface area contributed by atoms with E-state index in [0.29, 0.717) is 11.6 Å². The molecule has 1 aromatic rings. The predicted octanol–water partition coefficient (Wildman–Crippen LogP) is -0.268. The van der Waals surface area contributed by atoms with Crippen LogP contribution < -0.4 is 14.8 Å². The van der Waals surface area contributed by atoms with Crippen LogP contribution in [0, 0.1) is 5.92 Å². The minimum atomic E-state index is -3.58. The molecule has 1 unspecified atom stereocenters. The molecule has 0 radical (unpaired) electrons. The van der Waals surface area contributed by atoms with Gasteiger partial charge in [0, 0.05) is 25.1 Å². The summed E-state index contributed by atoms with van der Waals surface area (Å²) >= 11 is 0. The van der Waals surface area contributed by atoms with E-state index >= 15 is 0 Å². The van der Waals surface area contributed by atoms with Gasteiger partial charge in [-0.1, -0.05) is 0 Å². The lowest BCUT2D eigenvalue weighted by Crippen LogP contribution is -2.28. The van der Waals surface area contributed by atoms with Crippen molar-refractivity contribution >= 4 is 21.7 Å². The Labute approximate surface area is 111 Å².